The van der Waals surface area contributed by atoms with E-state index in [-0.39, 0.29) is 12.3 Å². The highest BCUT2D eigenvalue weighted by Gasteiger charge is 2.28. The molecule has 0 aliphatic carbocycles. The monoisotopic (exact) mass is 245 g/mol. The predicted octanol–water partition coefficient (Wildman–Crippen LogP) is 3.16. The molecule has 0 amide bonds. The molecule has 2 N–H and O–H groups in total. The zero-order valence-corrected chi connectivity index (χ0v) is 10.2. The summed E-state index contributed by atoms with van der Waals surface area (Å²) in [5.74, 6) is -0.0633. The van der Waals surface area contributed by atoms with Crippen molar-refractivity contribution in [2.45, 2.75) is 13.8 Å². The second-order valence-electron chi connectivity index (χ2n) is 4.04. The van der Waals surface area contributed by atoms with Gasteiger partial charge in [-0.2, -0.15) is 0 Å². The SMILES string of the molecule is CC(C)(CN)C(=O)c1ccc(Cl)cc1Cl. The van der Waals surface area contributed by atoms with Crippen molar-refractivity contribution in [3.8, 4) is 0 Å². The van der Waals surface area contributed by atoms with Crippen LogP contribution in [0.25, 0.3) is 0 Å². The number of hydrogen-bond donors (Lipinski definition) is 1. The molecular weight excluding hydrogens is 233 g/mol. The average molecular weight is 246 g/mol. The number of carbonyl (C=O) groups excluding carboxylic acids is 1. The Morgan fingerprint density at radius 2 is 2.00 bits per heavy atom. The number of nitrogens with two attached hydrogens (primary N) is 1. The summed E-state index contributed by atoms with van der Waals surface area (Å²) in [4.78, 5) is 12.0. The summed E-state index contributed by atoms with van der Waals surface area (Å²) in [5, 5.41) is 0.885. The molecule has 0 aliphatic rings. The zero-order valence-electron chi connectivity index (χ0n) is 8.68. The molecule has 0 saturated heterocycles. The summed E-state index contributed by atoms with van der Waals surface area (Å²) in [5.41, 5.74) is 5.40. The van der Waals surface area contributed by atoms with Gasteiger partial charge >= 0.3 is 0 Å². The van der Waals surface area contributed by atoms with Gasteiger partial charge in [-0.3, -0.25) is 4.79 Å². The minimum atomic E-state index is -0.600. The lowest BCUT2D eigenvalue weighted by Crippen LogP contribution is -2.32. The van der Waals surface area contributed by atoms with E-state index in [2.05, 4.69) is 0 Å². The topological polar surface area (TPSA) is 43.1 Å². The Hall–Kier alpha value is -0.570. The van der Waals surface area contributed by atoms with Crippen LogP contribution in [0, 0.1) is 5.41 Å². The molecule has 1 aromatic carbocycles. The lowest BCUT2D eigenvalue weighted by molar-refractivity contribution is 0.0848. The maximum atomic E-state index is 12.0. The smallest absolute Gasteiger partial charge is 0.171 e. The van der Waals surface area contributed by atoms with E-state index >= 15 is 0 Å². The Kier molecular flexibility index (Phi) is 3.77. The van der Waals surface area contributed by atoms with Crippen molar-refractivity contribution < 1.29 is 4.79 Å². The van der Waals surface area contributed by atoms with Crippen molar-refractivity contribution in [2.24, 2.45) is 11.1 Å². The molecule has 82 valence electrons. The van der Waals surface area contributed by atoms with Crippen LogP contribution in [0.2, 0.25) is 10.0 Å². The van der Waals surface area contributed by atoms with E-state index in [1.807, 2.05) is 0 Å². The third-order valence-electron chi connectivity index (χ3n) is 2.30. The van der Waals surface area contributed by atoms with Crippen molar-refractivity contribution in [2.75, 3.05) is 6.54 Å². The number of carbonyl (C=O) groups is 1. The molecule has 15 heavy (non-hydrogen) atoms. The van der Waals surface area contributed by atoms with E-state index in [0.717, 1.165) is 0 Å². The maximum Gasteiger partial charge on any atom is 0.171 e. The summed E-state index contributed by atoms with van der Waals surface area (Å²) < 4.78 is 0. The lowest BCUT2D eigenvalue weighted by atomic mass is 9.84. The fourth-order valence-corrected chi connectivity index (χ4v) is 1.63. The first kappa shape index (κ1) is 12.5. The fraction of sp³-hybridized carbons (Fsp3) is 0.364. The van der Waals surface area contributed by atoms with Crippen molar-refractivity contribution in [1.29, 1.82) is 0 Å². The van der Waals surface area contributed by atoms with E-state index < -0.39 is 5.41 Å². The van der Waals surface area contributed by atoms with Gasteiger partial charge in [-0.15, -0.1) is 0 Å². The van der Waals surface area contributed by atoms with Crippen LogP contribution in [0.1, 0.15) is 24.2 Å². The lowest BCUT2D eigenvalue weighted by Gasteiger charge is -2.21. The molecule has 0 unspecified atom stereocenters. The van der Waals surface area contributed by atoms with E-state index in [1.165, 1.54) is 0 Å². The predicted molar refractivity (Wildman–Crippen MR) is 63.6 cm³/mol. The van der Waals surface area contributed by atoms with Gasteiger partial charge in [-0.1, -0.05) is 37.0 Å². The number of hydrogen-bond acceptors (Lipinski definition) is 2. The van der Waals surface area contributed by atoms with Crippen molar-refractivity contribution in [3.05, 3.63) is 33.8 Å². The van der Waals surface area contributed by atoms with E-state index in [9.17, 15) is 4.79 Å². The molecule has 4 heteroatoms. The molecule has 0 heterocycles. The molecule has 0 atom stereocenters. The van der Waals surface area contributed by atoms with Crippen molar-refractivity contribution in [3.63, 3.8) is 0 Å². The number of ketones is 1. The van der Waals surface area contributed by atoms with Crippen LogP contribution < -0.4 is 5.73 Å². The van der Waals surface area contributed by atoms with Gasteiger partial charge in [0, 0.05) is 22.5 Å². The first-order valence-corrected chi connectivity index (χ1v) is 5.34. The third-order valence-corrected chi connectivity index (χ3v) is 2.85. The van der Waals surface area contributed by atoms with Crippen molar-refractivity contribution >= 4 is 29.0 Å². The second-order valence-corrected chi connectivity index (χ2v) is 4.88. The van der Waals surface area contributed by atoms with Crippen LogP contribution >= 0.6 is 23.2 Å². The molecule has 0 fully saturated rings. The first-order chi connectivity index (χ1) is 6.88. The Labute approximate surface area is 99.4 Å². The molecule has 0 spiro atoms. The van der Waals surface area contributed by atoms with Gasteiger partial charge in [0.2, 0.25) is 0 Å². The molecule has 2 nitrogen and oxygen atoms in total. The van der Waals surface area contributed by atoms with Gasteiger partial charge in [0.05, 0.1) is 5.02 Å². The summed E-state index contributed by atoms with van der Waals surface area (Å²) in [6.07, 6.45) is 0. The number of benzene rings is 1. The largest absolute Gasteiger partial charge is 0.329 e. The fourth-order valence-electron chi connectivity index (χ4n) is 1.13. The Morgan fingerprint density at radius 1 is 1.40 bits per heavy atom. The normalized spacial score (nSPS) is 11.5. The Balaban J connectivity index is 3.12. The van der Waals surface area contributed by atoms with Gasteiger partial charge in [-0.25, -0.2) is 0 Å². The minimum Gasteiger partial charge on any atom is -0.329 e. The van der Waals surface area contributed by atoms with Crippen molar-refractivity contribution in [1.82, 2.24) is 0 Å². The standard InChI is InChI=1S/C11H13Cl2NO/c1-11(2,6-14)10(15)8-4-3-7(12)5-9(8)13/h3-5H,6,14H2,1-2H3. The zero-order chi connectivity index (χ0) is 11.6. The molecule has 0 aromatic heterocycles. The average Bonchev–Trinajstić information content (AvgIpc) is 2.17. The quantitative estimate of drug-likeness (QED) is 0.832. The molecule has 0 aliphatic heterocycles. The maximum absolute atomic E-state index is 12.0. The Morgan fingerprint density at radius 3 is 2.47 bits per heavy atom. The molecule has 1 rings (SSSR count). The first-order valence-electron chi connectivity index (χ1n) is 4.58. The van der Waals surface area contributed by atoms with Crippen LogP contribution in [-0.4, -0.2) is 12.3 Å². The molecule has 0 bridgehead atoms. The molecule has 0 saturated carbocycles. The van der Waals surface area contributed by atoms with E-state index in [4.69, 9.17) is 28.9 Å². The van der Waals surface area contributed by atoms with Gasteiger partial charge < -0.3 is 5.73 Å². The van der Waals surface area contributed by atoms with Gasteiger partial charge in [0.15, 0.2) is 5.78 Å². The van der Waals surface area contributed by atoms with Crippen LogP contribution in [0.5, 0.6) is 0 Å². The third kappa shape index (κ3) is 2.71. The van der Waals surface area contributed by atoms with Crippen LogP contribution in [-0.2, 0) is 0 Å². The molecule has 0 radical (unpaired) electrons. The van der Waals surface area contributed by atoms with Crippen LogP contribution in [0.3, 0.4) is 0 Å². The van der Waals surface area contributed by atoms with Crippen LogP contribution in [0.4, 0.5) is 0 Å². The second kappa shape index (κ2) is 4.52. The number of halogens is 2. The van der Waals surface area contributed by atoms with E-state index in [0.29, 0.717) is 15.6 Å². The summed E-state index contributed by atoms with van der Waals surface area (Å²) in [7, 11) is 0. The highest BCUT2D eigenvalue weighted by atomic mass is 35.5. The minimum absolute atomic E-state index is 0.0633. The molecule has 1 aromatic rings. The number of rotatable bonds is 3. The van der Waals surface area contributed by atoms with Gasteiger partial charge in [-0.05, 0) is 18.2 Å². The van der Waals surface area contributed by atoms with Gasteiger partial charge in [0.1, 0.15) is 0 Å². The van der Waals surface area contributed by atoms with Gasteiger partial charge in [0.25, 0.3) is 0 Å². The van der Waals surface area contributed by atoms with E-state index in [1.54, 1.807) is 32.0 Å². The Bertz CT molecular complexity index is 388. The van der Waals surface area contributed by atoms with Crippen LogP contribution in [0.15, 0.2) is 18.2 Å². The highest BCUT2D eigenvalue weighted by molar-refractivity contribution is 6.37. The number of Topliss-reactive ketones (excluding diaryl/α,β-unsaturated/α-hetero) is 1. The highest BCUT2D eigenvalue weighted by Crippen LogP contribution is 2.27. The summed E-state index contributed by atoms with van der Waals surface area (Å²) in [6, 6.07) is 4.83. The summed E-state index contributed by atoms with van der Waals surface area (Å²) in [6.45, 7) is 3.87. The molecular formula is C11H13Cl2NO. The summed E-state index contributed by atoms with van der Waals surface area (Å²) >= 11 is 11.7.